The highest BCUT2D eigenvalue weighted by Crippen LogP contribution is 2.42. The maximum absolute atomic E-state index is 13.3. The van der Waals surface area contributed by atoms with Crippen molar-refractivity contribution in [3.8, 4) is 22.9 Å². The Morgan fingerprint density at radius 3 is 2.00 bits per heavy atom. The lowest BCUT2D eigenvalue weighted by Gasteiger charge is -2.38. The van der Waals surface area contributed by atoms with Gasteiger partial charge in [-0.25, -0.2) is 4.98 Å². The summed E-state index contributed by atoms with van der Waals surface area (Å²) in [5.41, 5.74) is 8.00. The van der Waals surface area contributed by atoms with Gasteiger partial charge in [0.1, 0.15) is 13.8 Å². The fraction of sp³-hybridized carbons (Fsp3) is 0.531. The fourth-order valence-corrected chi connectivity index (χ4v) is 12.2. The van der Waals surface area contributed by atoms with Crippen molar-refractivity contribution in [3.05, 3.63) is 46.7 Å². The third-order valence-corrected chi connectivity index (χ3v) is 15.5. The Hall–Kier alpha value is -2.84. The number of imidazole rings is 1. The van der Waals surface area contributed by atoms with Gasteiger partial charge in [-0.2, -0.15) is 13.2 Å². The Kier molecular flexibility index (Phi) is 9.68. The monoisotopic (exact) mass is 657 g/mol. The van der Waals surface area contributed by atoms with Gasteiger partial charge >= 0.3 is 12.5 Å². The van der Waals surface area contributed by atoms with Crippen LogP contribution in [0.3, 0.4) is 0 Å². The van der Waals surface area contributed by atoms with E-state index >= 15 is 0 Å². The average Bonchev–Trinajstić information content (AvgIpc) is 3.27. The van der Waals surface area contributed by atoms with Crippen LogP contribution < -0.4 is 9.64 Å². The summed E-state index contributed by atoms with van der Waals surface area (Å²) in [6.07, 6.45) is -9.13. The lowest BCUT2D eigenvalue weighted by atomic mass is 9.95. The summed E-state index contributed by atoms with van der Waals surface area (Å²) in [5, 5.41) is -0.238. The molecule has 4 rings (SSSR count). The third kappa shape index (κ3) is 6.86. The molecule has 0 unspecified atom stereocenters. The molecule has 0 N–H and O–H groups in total. The number of piperidine rings is 1. The van der Waals surface area contributed by atoms with Crippen molar-refractivity contribution in [1.29, 1.82) is 0 Å². The van der Waals surface area contributed by atoms with Crippen LogP contribution >= 0.6 is 11.6 Å². The average molecular weight is 658 g/mol. The molecular formula is C32H38ClF6N3OSi. The largest absolute Gasteiger partial charge is 0.573 e. The topological polar surface area (TPSA) is 30.3 Å². The minimum atomic E-state index is -4.91. The number of hydrogen-bond donors (Lipinski definition) is 0. The molecular weight excluding hydrogens is 620 g/mol. The van der Waals surface area contributed by atoms with Crippen LogP contribution in [-0.2, 0) is 0 Å². The van der Waals surface area contributed by atoms with E-state index in [4.69, 9.17) is 16.6 Å². The molecule has 2 heterocycles. The number of nitrogens with zero attached hydrogens (tertiary/aromatic N) is 3. The molecule has 1 aliphatic rings. The molecule has 0 bridgehead atoms. The number of benzene rings is 2. The second kappa shape index (κ2) is 12.5. The Balaban J connectivity index is 1.91. The van der Waals surface area contributed by atoms with E-state index in [2.05, 4.69) is 57.7 Å². The van der Waals surface area contributed by atoms with Crippen molar-refractivity contribution >= 4 is 36.4 Å². The van der Waals surface area contributed by atoms with Gasteiger partial charge in [-0.1, -0.05) is 53.1 Å². The summed E-state index contributed by atoms with van der Waals surface area (Å²) in [7, 11) is -2.19. The maximum atomic E-state index is 13.3. The van der Waals surface area contributed by atoms with E-state index in [1.54, 1.807) is 4.57 Å². The Morgan fingerprint density at radius 2 is 1.50 bits per heavy atom. The van der Waals surface area contributed by atoms with E-state index in [1.807, 2.05) is 24.0 Å². The van der Waals surface area contributed by atoms with Crippen LogP contribution in [-0.4, -0.2) is 43.3 Å². The lowest BCUT2D eigenvalue weighted by molar-refractivity contribution is -0.274. The van der Waals surface area contributed by atoms with Gasteiger partial charge in [0.2, 0.25) is 0 Å². The molecule has 0 atom stereocenters. The van der Waals surface area contributed by atoms with Gasteiger partial charge in [0.05, 0.1) is 27.7 Å². The highest BCUT2D eigenvalue weighted by Gasteiger charge is 2.42. The zero-order chi connectivity index (χ0) is 32.8. The van der Waals surface area contributed by atoms with Crippen molar-refractivity contribution in [2.24, 2.45) is 5.92 Å². The summed E-state index contributed by atoms with van der Waals surface area (Å²) in [6, 6.07) is 7.77. The molecule has 1 fully saturated rings. The second-order valence-corrected chi connectivity index (χ2v) is 18.5. The third-order valence-electron chi connectivity index (χ3n) is 8.91. The van der Waals surface area contributed by atoms with E-state index in [0.29, 0.717) is 39.2 Å². The molecule has 44 heavy (non-hydrogen) atoms. The van der Waals surface area contributed by atoms with E-state index in [9.17, 15) is 26.3 Å². The molecule has 0 spiro atoms. The van der Waals surface area contributed by atoms with Crippen LogP contribution in [0.4, 0.5) is 32.0 Å². The Morgan fingerprint density at radius 1 is 0.909 bits per heavy atom. The SMILES string of the molecule is Cc1cc(N2CCC(C(F)(F)F)CC2)cc2c1nc(C#C[Si](C(C)C)(C(C)C)C(C)C)n2-c1ccc(OC(F)(F)F)c(Cl)c1. The zero-order valence-corrected chi connectivity index (χ0v) is 27.7. The second-order valence-electron chi connectivity index (χ2n) is 12.5. The number of hydrogen-bond acceptors (Lipinski definition) is 3. The van der Waals surface area contributed by atoms with E-state index in [1.165, 1.54) is 12.1 Å². The minimum absolute atomic E-state index is 0.000828. The van der Waals surface area contributed by atoms with Crippen LogP contribution in [0.2, 0.25) is 21.6 Å². The molecule has 12 heteroatoms. The maximum Gasteiger partial charge on any atom is 0.573 e. The predicted octanol–water partition coefficient (Wildman–Crippen LogP) is 10.2. The first-order chi connectivity index (χ1) is 20.3. The number of alkyl halides is 6. The molecule has 2 aromatic carbocycles. The molecule has 0 radical (unpaired) electrons. The first-order valence-electron chi connectivity index (χ1n) is 14.8. The standard InChI is InChI=1S/C32H38ClF6N3OSi/c1-19(2)44(20(3)4,21(5)6)15-12-29-40-30-22(7)16-25(41-13-10-23(11-14-41)31(34,35)36)18-27(30)42(29)24-8-9-28(26(33)17-24)43-32(37,38)39/h8-9,16-21,23H,10-11,13-14H2,1-7H3. The van der Waals surface area contributed by atoms with Gasteiger partial charge in [-0.3, -0.25) is 4.57 Å². The molecule has 1 aliphatic heterocycles. The molecule has 240 valence electrons. The number of ether oxygens (including phenoxy) is 1. The van der Waals surface area contributed by atoms with Gasteiger partial charge in [-0.15, -0.1) is 18.7 Å². The highest BCUT2D eigenvalue weighted by atomic mass is 35.5. The van der Waals surface area contributed by atoms with Crippen molar-refractivity contribution in [3.63, 3.8) is 0 Å². The smallest absolute Gasteiger partial charge is 0.404 e. The number of rotatable bonds is 6. The molecule has 1 saturated heterocycles. The Labute approximate surface area is 260 Å². The molecule has 0 amide bonds. The number of aryl methyl sites for hydroxylation is 1. The lowest BCUT2D eigenvalue weighted by Crippen LogP contribution is -2.43. The number of halogens is 7. The first kappa shape index (κ1) is 34.0. The summed E-state index contributed by atoms with van der Waals surface area (Å²) in [4.78, 5) is 6.83. The molecule has 0 aliphatic carbocycles. The summed E-state index contributed by atoms with van der Waals surface area (Å²) in [5.74, 6) is 1.93. The van der Waals surface area contributed by atoms with E-state index in [0.717, 1.165) is 17.3 Å². The van der Waals surface area contributed by atoms with E-state index < -0.39 is 32.3 Å². The number of fused-ring (bicyclic) bond motifs is 1. The number of anilines is 1. The van der Waals surface area contributed by atoms with Crippen LogP contribution in [0.25, 0.3) is 16.7 Å². The fourth-order valence-electron chi connectivity index (χ4n) is 6.75. The van der Waals surface area contributed by atoms with Crippen molar-refractivity contribution < 1.29 is 31.1 Å². The quantitative estimate of drug-likeness (QED) is 0.150. The first-order valence-corrected chi connectivity index (χ1v) is 17.4. The van der Waals surface area contributed by atoms with Crippen LogP contribution in [0.1, 0.15) is 65.8 Å². The Bertz CT molecular complexity index is 1540. The van der Waals surface area contributed by atoms with Crippen molar-refractivity contribution in [2.75, 3.05) is 18.0 Å². The summed E-state index contributed by atoms with van der Waals surface area (Å²) in [6.45, 7) is 15.5. The zero-order valence-electron chi connectivity index (χ0n) is 25.9. The van der Waals surface area contributed by atoms with Gasteiger partial charge in [0.25, 0.3) is 0 Å². The van der Waals surface area contributed by atoms with Crippen LogP contribution in [0.5, 0.6) is 5.75 Å². The molecule has 3 aromatic rings. The highest BCUT2D eigenvalue weighted by molar-refractivity contribution is 6.90. The van der Waals surface area contributed by atoms with Crippen molar-refractivity contribution in [1.82, 2.24) is 9.55 Å². The van der Waals surface area contributed by atoms with Crippen molar-refractivity contribution in [2.45, 2.75) is 90.5 Å². The number of aromatic nitrogens is 2. The van der Waals surface area contributed by atoms with Gasteiger partial charge < -0.3 is 9.64 Å². The van der Waals surface area contributed by atoms with Crippen LogP contribution in [0, 0.1) is 24.3 Å². The van der Waals surface area contributed by atoms with E-state index in [-0.39, 0.29) is 31.0 Å². The predicted molar refractivity (Wildman–Crippen MR) is 166 cm³/mol. The molecule has 1 aromatic heterocycles. The minimum Gasteiger partial charge on any atom is -0.404 e. The van der Waals surface area contributed by atoms with Gasteiger partial charge in [0, 0.05) is 18.8 Å². The molecule has 4 nitrogen and oxygen atoms in total. The van der Waals surface area contributed by atoms with Gasteiger partial charge in [0.15, 0.2) is 5.82 Å². The normalized spacial score (nSPS) is 15.4. The summed E-state index contributed by atoms with van der Waals surface area (Å²) >= 11 is 6.28. The van der Waals surface area contributed by atoms with Crippen LogP contribution in [0.15, 0.2) is 30.3 Å². The van der Waals surface area contributed by atoms with Gasteiger partial charge in [-0.05, 0) is 78.2 Å². The molecule has 0 saturated carbocycles. The summed E-state index contributed by atoms with van der Waals surface area (Å²) < 4.78 is 84.7.